The smallest absolute Gasteiger partial charge is 0.412 e. The summed E-state index contributed by atoms with van der Waals surface area (Å²) in [6.07, 6.45) is 3.82. The molecular weight excluding hydrogens is 566 g/mol. The zero-order chi connectivity index (χ0) is 30.4. The van der Waals surface area contributed by atoms with Crippen molar-refractivity contribution in [3.63, 3.8) is 0 Å². The number of carbonyl (C=O) groups is 1. The average Bonchev–Trinajstić information content (AvgIpc) is 2.94. The highest BCUT2D eigenvalue weighted by molar-refractivity contribution is 6.33. The second-order valence-corrected chi connectivity index (χ2v) is 10.9. The third-order valence-corrected chi connectivity index (χ3v) is 6.56. The fourth-order valence-corrected chi connectivity index (χ4v) is 4.56. The van der Waals surface area contributed by atoms with E-state index in [-0.39, 0.29) is 22.5 Å². The summed E-state index contributed by atoms with van der Waals surface area (Å²) in [5.74, 6) is 1.19. The van der Waals surface area contributed by atoms with E-state index in [0.717, 1.165) is 32.4 Å². The van der Waals surface area contributed by atoms with Gasteiger partial charge in [-0.3, -0.25) is 15.4 Å². The molecule has 3 aromatic rings. The number of nitrogens with one attached hydrogen (secondary N) is 3. The lowest BCUT2D eigenvalue weighted by Gasteiger charge is -2.29. The van der Waals surface area contributed by atoms with Gasteiger partial charge in [-0.15, -0.1) is 0 Å². The van der Waals surface area contributed by atoms with Crippen LogP contribution in [-0.2, 0) is 4.74 Å². The van der Waals surface area contributed by atoms with Crippen LogP contribution < -0.4 is 30.3 Å². The molecule has 0 unspecified atom stereocenters. The molecule has 1 aromatic heterocycles. The van der Waals surface area contributed by atoms with Crippen molar-refractivity contribution in [2.24, 2.45) is 0 Å². The Labute approximate surface area is 248 Å². The number of benzene rings is 2. The van der Waals surface area contributed by atoms with Crippen LogP contribution in [0.1, 0.15) is 40.0 Å². The van der Waals surface area contributed by atoms with Crippen LogP contribution in [0, 0.1) is 10.1 Å². The summed E-state index contributed by atoms with van der Waals surface area (Å²) >= 11 is 6.41. The van der Waals surface area contributed by atoms with Gasteiger partial charge in [0.05, 0.1) is 36.7 Å². The number of amides is 1. The molecule has 14 heteroatoms. The Morgan fingerprint density at radius 2 is 1.71 bits per heavy atom. The molecule has 3 N–H and O–H groups in total. The summed E-state index contributed by atoms with van der Waals surface area (Å²) in [4.78, 5) is 34.6. The molecule has 13 nitrogen and oxygen atoms in total. The zero-order valence-electron chi connectivity index (χ0n) is 24.1. The number of halogens is 1. The van der Waals surface area contributed by atoms with E-state index in [2.05, 4.69) is 25.9 Å². The van der Waals surface area contributed by atoms with Gasteiger partial charge in [-0.05, 0) is 58.2 Å². The van der Waals surface area contributed by atoms with E-state index >= 15 is 0 Å². The Kier molecular flexibility index (Phi) is 9.41. The first-order chi connectivity index (χ1) is 20.0. The second-order valence-electron chi connectivity index (χ2n) is 10.5. The minimum Gasteiger partial charge on any atom is -0.495 e. The molecule has 1 aliphatic heterocycles. The number of hydrogen-bond acceptors (Lipinski definition) is 11. The van der Waals surface area contributed by atoms with E-state index in [0.29, 0.717) is 34.2 Å². The van der Waals surface area contributed by atoms with E-state index in [1.54, 1.807) is 45.0 Å². The van der Waals surface area contributed by atoms with E-state index < -0.39 is 16.6 Å². The highest BCUT2D eigenvalue weighted by atomic mass is 35.5. The molecule has 0 spiro atoms. The van der Waals surface area contributed by atoms with Crippen LogP contribution in [0.5, 0.6) is 11.5 Å². The van der Waals surface area contributed by atoms with Crippen molar-refractivity contribution in [3.05, 3.63) is 51.7 Å². The largest absolute Gasteiger partial charge is 0.495 e. The van der Waals surface area contributed by atoms with Crippen LogP contribution >= 0.6 is 11.6 Å². The average molecular weight is 600 g/mol. The fourth-order valence-electron chi connectivity index (χ4n) is 4.43. The first-order valence-electron chi connectivity index (χ1n) is 13.3. The van der Waals surface area contributed by atoms with Crippen molar-refractivity contribution in [2.75, 3.05) is 48.2 Å². The predicted molar refractivity (Wildman–Crippen MR) is 162 cm³/mol. The van der Waals surface area contributed by atoms with E-state index in [9.17, 15) is 14.9 Å². The number of piperidine rings is 1. The molecule has 0 atom stereocenters. The SMILES string of the molecule is COc1cc(N2CCCCC2)c([N+](=O)[O-])cc1Nc1ncc(Cl)c(Nc2cc(NC(=O)OC(C)(C)C)ccc2OC)n1. The number of aromatic nitrogens is 2. The summed E-state index contributed by atoms with van der Waals surface area (Å²) in [5.41, 5.74) is 1.02. The number of methoxy groups -OCH3 is 2. The normalized spacial score (nSPS) is 13.2. The zero-order valence-corrected chi connectivity index (χ0v) is 24.9. The van der Waals surface area contributed by atoms with Crippen molar-refractivity contribution < 1.29 is 23.9 Å². The predicted octanol–water partition coefficient (Wildman–Crippen LogP) is 6.88. The molecule has 1 amide bonds. The first-order valence-corrected chi connectivity index (χ1v) is 13.7. The van der Waals surface area contributed by atoms with Crippen LogP contribution in [0.4, 0.5) is 45.0 Å². The van der Waals surface area contributed by atoms with Crippen molar-refractivity contribution in [3.8, 4) is 11.5 Å². The molecule has 0 radical (unpaired) electrons. The lowest BCUT2D eigenvalue weighted by atomic mass is 10.1. The minimum absolute atomic E-state index is 0.0495. The number of rotatable bonds is 9. The minimum atomic E-state index is -0.660. The van der Waals surface area contributed by atoms with Gasteiger partial charge in [0.15, 0.2) is 5.82 Å². The summed E-state index contributed by atoms with van der Waals surface area (Å²) < 4.78 is 16.4. The summed E-state index contributed by atoms with van der Waals surface area (Å²) in [6.45, 7) is 6.79. The molecule has 1 fully saturated rings. The maximum Gasteiger partial charge on any atom is 0.412 e. The Morgan fingerprint density at radius 1 is 1.02 bits per heavy atom. The van der Waals surface area contributed by atoms with Crippen LogP contribution in [0.3, 0.4) is 0 Å². The lowest BCUT2D eigenvalue weighted by Crippen LogP contribution is -2.30. The third kappa shape index (κ3) is 7.60. The highest BCUT2D eigenvalue weighted by Gasteiger charge is 2.25. The molecule has 224 valence electrons. The van der Waals surface area contributed by atoms with Gasteiger partial charge in [0.25, 0.3) is 5.69 Å². The van der Waals surface area contributed by atoms with Crippen LogP contribution in [0.15, 0.2) is 36.5 Å². The van der Waals surface area contributed by atoms with Gasteiger partial charge in [-0.25, -0.2) is 9.78 Å². The van der Waals surface area contributed by atoms with Gasteiger partial charge in [-0.1, -0.05) is 11.6 Å². The van der Waals surface area contributed by atoms with E-state index in [4.69, 9.17) is 25.8 Å². The van der Waals surface area contributed by atoms with Crippen LogP contribution in [0.25, 0.3) is 0 Å². The van der Waals surface area contributed by atoms with Crippen molar-refractivity contribution >= 4 is 57.9 Å². The molecule has 1 aliphatic rings. The monoisotopic (exact) mass is 599 g/mol. The third-order valence-electron chi connectivity index (χ3n) is 6.28. The molecule has 0 saturated carbocycles. The Morgan fingerprint density at radius 3 is 2.36 bits per heavy atom. The molecule has 4 rings (SSSR count). The summed E-state index contributed by atoms with van der Waals surface area (Å²) in [7, 11) is 3.00. The fraction of sp³-hybridized carbons (Fsp3) is 0.393. The molecule has 0 bridgehead atoms. The van der Waals surface area contributed by atoms with Gasteiger partial charge in [0.2, 0.25) is 5.95 Å². The standard InChI is InChI=1S/C28H34ClN7O6/c1-28(2,3)42-27(37)31-17-9-10-23(40-4)19(13-17)32-25-18(29)16-30-26(34-25)33-20-14-22(36(38)39)21(15-24(20)41-5)35-11-7-6-8-12-35/h9-10,13-16H,6-8,11-12H2,1-5H3,(H,31,37)(H2,30,32,33,34). The summed E-state index contributed by atoms with van der Waals surface area (Å²) in [5, 5.41) is 21.0. The van der Waals surface area contributed by atoms with E-state index in [1.165, 1.54) is 26.5 Å². The first kappa shape index (κ1) is 30.4. The quantitative estimate of drug-likeness (QED) is 0.174. The molecule has 42 heavy (non-hydrogen) atoms. The lowest BCUT2D eigenvalue weighted by molar-refractivity contribution is -0.384. The number of hydrogen-bond donors (Lipinski definition) is 3. The number of anilines is 6. The van der Waals surface area contributed by atoms with E-state index in [1.807, 2.05) is 4.90 Å². The second kappa shape index (κ2) is 13.0. The molecule has 2 heterocycles. The van der Waals surface area contributed by atoms with Crippen LogP contribution in [0.2, 0.25) is 5.02 Å². The maximum atomic E-state index is 12.3. The van der Waals surface area contributed by atoms with Gasteiger partial charge in [0, 0.05) is 30.9 Å². The van der Waals surface area contributed by atoms with Gasteiger partial charge in [-0.2, -0.15) is 4.98 Å². The van der Waals surface area contributed by atoms with Gasteiger partial charge in [0.1, 0.15) is 27.8 Å². The number of carbonyl (C=O) groups excluding carboxylic acids is 1. The molecule has 0 aliphatic carbocycles. The number of nitrogens with zero attached hydrogens (tertiary/aromatic N) is 4. The molecular formula is C28H34ClN7O6. The van der Waals surface area contributed by atoms with Crippen molar-refractivity contribution in [2.45, 2.75) is 45.6 Å². The molecule has 2 aromatic carbocycles. The van der Waals surface area contributed by atoms with Crippen LogP contribution in [-0.4, -0.2) is 53.9 Å². The Hall–Kier alpha value is -4.52. The highest BCUT2D eigenvalue weighted by Crippen LogP contribution is 2.40. The number of ether oxygens (including phenoxy) is 3. The van der Waals surface area contributed by atoms with Crippen molar-refractivity contribution in [1.82, 2.24) is 9.97 Å². The number of nitro benzene ring substituents is 1. The topological polar surface area (TPSA) is 153 Å². The van der Waals surface area contributed by atoms with Crippen molar-refractivity contribution in [1.29, 1.82) is 0 Å². The number of nitro groups is 1. The molecule has 1 saturated heterocycles. The summed E-state index contributed by atoms with van der Waals surface area (Å²) in [6, 6.07) is 8.05. The van der Waals surface area contributed by atoms with Gasteiger partial charge < -0.3 is 29.7 Å². The maximum absolute atomic E-state index is 12.3. The Bertz CT molecular complexity index is 1460. The van der Waals surface area contributed by atoms with Gasteiger partial charge >= 0.3 is 6.09 Å². The Balaban J connectivity index is 1.61.